The Morgan fingerprint density at radius 1 is 1.20 bits per heavy atom. The number of hydrogen-bond acceptors (Lipinski definition) is 8. The number of nitrogens with one attached hydrogen (secondary N) is 1. The molecule has 2 aliphatic rings. The quantitative estimate of drug-likeness (QED) is 0.321. The van der Waals surface area contributed by atoms with E-state index in [4.69, 9.17) is 4.74 Å². The number of rotatable bonds is 9. The van der Waals surface area contributed by atoms with Gasteiger partial charge in [-0.05, 0) is 71.0 Å². The van der Waals surface area contributed by atoms with Gasteiger partial charge in [0.25, 0.3) is 0 Å². The summed E-state index contributed by atoms with van der Waals surface area (Å²) < 4.78 is 5.38. The second kappa shape index (κ2) is 11.8. The Hall–Kier alpha value is -2.78. The fourth-order valence-corrected chi connectivity index (χ4v) is 4.59. The Balaban J connectivity index is 1.53. The Labute approximate surface area is 207 Å². The fourth-order valence-electron chi connectivity index (χ4n) is 4.59. The van der Waals surface area contributed by atoms with Gasteiger partial charge < -0.3 is 9.64 Å². The highest BCUT2D eigenvalue weighted by Gasteiger charge is 2.30. The molecule has 2 fully saturated rings. The molecule has 0 aromatic heterocycles. The minimum absolute atomic E-state index is 0.152. The summed E-state index contributed by atoms with van der Waals surface area (Å²) in [5.41, 5.74) is 2.08. The summed E-state index contributed by atoms with van der Waals surface area (Å²) in [6.45, 7) is 10.4. The number of anilines is 1. The number of carbonyl (C=O) groups is 4. The van der Waals surface area contributed by atoms with Crippen LogP contribution in [0.3, 0.4) is 0 Å². The third-order valence-corrected chi connectivity index (χ3v) is 6.43. The van der Waals surface area contributed by atoms with Crippen LogP contribution in [0, 0.1) is 0 Å². The maximum atomic E-state index is 12.2. The predicted octanol–water partition coefficient (Wildman–Crippen LogP) is 1.98. The standard InChI is InChI=1S/C26H38N4O5/c1-26(2,3)35-24(33)6-5-11-29-12-14-30(15-13-29)21-8-7-19(18-31)20(16-21)17-28(4)22-9-10-23(32)27-25(22)34/h7-8,16,18,22H,5-6,9-15,17H2,1-4H3,(H,27,32,34). The number of imide groups is 1. The molecule has 2 heterocycles. The van der Waals surface area contributed by atoms with Crippen LogP contribution in [0.15, 0.2) is 18.2 Å². The van der Waals surface area contributed by atoms with Crippen LogP contribution in [-0.4, -0.2) is 85.3 Å². The molecule has 0 aliphatic carbocycles. The maximum absolute atomic E-state index is 12.2. The first-order chi connectivity index (χ1) is 16.6. The summed E-state index contributed by atoms with van der Waals surface area (Å²) in [7, 11) is 1.84. The van der Waals surface area contributed by atoms with Crippen molar-refractivity contribution in [3.63, 3.8) is 0 Å². The number of ether oxygens (including phenoxy) is 1. The molecule has 0 spiro atoms. The summed E-state index contributed by atoms with van der Waals surface area (Å²) in [5, 5.41) is 2.39. The van der Waals surface area contributed by atoms with Gasteiger partial charge in [-0.1, -0.05) is 0 Å². The van der Waals surface area contributed by atoms with Crippen LogP contribution in [0.1, 0.15) is 62.4 Å². The number of amides is 2. The van der Waals surface area contributed by atoms with Crippen LogP contribution in [0.5, 0.6) is 0 Å². The Morgan fingerprint density at radius 3 is 2.54 bits per heavy atom. The molecule has 2 saturated heterocycles. The van der Waals surface area contributed by atoms with Crippen LogP contribution in [-0.2, 0) is 25.7 Å². The smallest absolute Gasteiger partial charge is 0.306 e. The van der Waals surface area contributed by atoms with E-state index < -0.39 is 5.60 Å². The third-order valence-electron chi connectivity index (χ3n) is 6.43. The van der Waals surface area contributed by atoms with E-state index in [2.05, 4.69) is 15.1 Å². The summed E-state index contributed by atoms with van der Waals surface area (Å²) >= 11 is 0. The summed E-state index contributed by atoms with van der Waals surface area (Å²) in [4.78, 5) is 53.8. The molecule has 0 radical (unpaired) electrons. The molecule has 1 atom stereocenters. The van der Waals surface area contributed by atoms with Gasteiger partial charge in [0.15, 0.2) is 0 Å². The number of piperazine rings is 1. The van der Waals surface area contributed by atoms with Gasteiger partial charge in [0.1, 0.15) is 11.9 Å². The molecular weight excluding hydrogens is 448 g/mol. The molecule has 9 nitrogen and oxygen atoms in total. The van der Waals surface area contributed by atoms with Gasteiger partial charge in [0.05, 0.1) is 6.04 Å². The lowest BCUT2D eigenvalue weighted by Gasteiger charge is -2.36. The lowest BCUT2D eigenvalue weighted by atomic mass is 10.0. The largest absolute Gasteiger partial charge is 0.460 e. The molecule has 2 aliphatic heterocycles. The SMILES string of the molecule is CN(Cc1cc(N2CCN(CCCC(=O)OC(C)(C)C)CC2)ccc1C=O)C1CCC(=O)NC1=O. The number of carbonyl (C=O) groups excluding carboxylic acids is 4. The zero-order chi connectivity index (χ0) is 25.6. The van der Waals surface area contributed by atoms with E-state index in [1.807, 2.05) is 50.9 Å². The van der Waals surface area contributed by atoms with Crippen molar-refractivity contribution < 1.29 is 23.9 Å². The molecule has 192 valence electrons. The highest BCUT2D eigenvalue weighted by molar-refractivity contribution is 6.00. The fraction of sp³-hybridized carbons (Fsp3) is 0.615. The van der Waals surface area contributed by atoms with Crippen molar-refractivity contribution in [2.75, 3.05) is 44.7 Å². The zero-order valence-corrected chi connectivity index (χ0v) is 21.3. The van der Waals surface area contributed by atoms with Crippen molar-refractivity contribution in [1.82, 2.24) is 15.1 Å². The van der Waals surface area contributed by atoms with E-state index in [0.717, 1.165) is 56.7 Å². The molecule has 35 heavy (non-hydrogen) atoms. The molecule has 3 rings (SSSR count). The highest BCUT2D eigenvalue weighted by atomic mass is 16.6. The molecule has 1 N–H and O–H groups in total. The van der Waals surface area contributed by atoms with Crippen LogP contribution in [0.2, 0.25) is 0 Å². The van der Waals surface area contributed by atoms with Gasteiger partial charge in [-0.25, -0.2) is 0 Å². The molecule has 0 saturated carbocycles. The van der Waals surface area contributed by atoms with Gasteiger partial charge in [0, 0.05) is 56.8 Å². The Kier molecular flexibility index (Phi) is 9.02. The summed E-state index contributed by atoms with van der Waals surface area (Å²) in [5.74, 6) is -0.671. The first-order valence-electron chi connectivity index (χ1n) is 12.4. The Morgan fingerprint density at radius 2 is 1.91 bits per heavy atom. The third kappa shape index (κ3) is 7.86. The number of likely N-dealkylation sites (N-methyl/N-ethyl adjacent to an activating group) is 1. The van der Waals surface area contributed by atoms with Gasteiger partial charge in [-0.2, -0.15) is 0 Å². The van der Waals surface area contributed by atoms with Crippen molar-refractivity contribution in [2.45, 2.75) is 64.6 Å². The topological polar surface area (TPSA) is 99.3 Å². The van der Waals surface area contributed by atoms with Gasteiger partial charge >= 0.3 is 5.97 Å². The molecule has 1 unspecified atom stereocenters. The van der Waals surface area contributed by atoms with Crippen LogP contribution in [0.4, 0.5) is 5.69 Å². The van der Waals surface area contributed by atoms with E-state index in [-0.39, 0.29) is 23.8 Å². The van der Waals surface area contributed by atoms with Gasteiger partial charge in [-0.15, -0.1) is 0 Å². The van der Waals surface area contributed by atoms with Crippen molar-refractivity contribution in [2.24, 2.45) is 0 Å². The lowest BCUT2D eigenvalue weighted by Crippen LogP contribution is -2.51. The van der Waals surface area contributed by atoms with Gasteiger partial charge in [0.2, 0.25) is 11.8 Å². The van der Waals surface area contributed by atoms with Crippen molar-refractivity contribution in [3.05, 3.63) is 29.3 Å². The van der Waals surface area contributed by atoms with Crippen molar-refractivity contribution in [1.29, 1.82) is 0 Å². The predicted molar refractivity (Wildman–Crippen MR) is 133 cm³/mol. The zero-order valence-electron chi connectivity index (χ0n) is 21.3. The first-order valence-corrected chi connectivity index (χ1v) is 12.4. The number of benzene rings is 1. The highest BCUT2D eigenvalue weighted by Crippen LogP contribution is 2.23. The average molecular weight is 487 g/mol. The second-order valence-electron chi connectivity index (χ2n) is 10.4. The molecule has 1 aromatic rings. The van der Waals surface area contributed by atoms with Crippen molar-refractivity contribution >= 4 is 29.8 Å². The monoisotopic (exact) mass is 486 g/mol. The summed E-state index contributed by atoms with van der Waals surface area (Å²) in [6.07, 6.45) is 2.85. The number of piperidine rings is 1. The summed E-state index contributed by atoms with van der Waals surface area (Å²) in [6, 6.07) is 5.45. The van der Waals surface area contributed by atoms with E-state index in [1.54, 1.807) is 0 Å². The number of nitrogens with zero attached hydrogens (tertiary/aromatic N) is 3. The van der Waals surface area contributed by atoms with Crippen LogP contribution < -0.4 is 10.2 Å². The molecule has 2 amide bonds. The minimum Gasteiger partial charge on any atom is -0.460 e. The second-order valence-corrected chi connectivity index (χ2v) is 10.4. The number of aldehydes is 1. The minimum atomic E-state index is -0.447. The maximum Gasteiger partial charge on any atom is 0.306 e. The number of esters is 1. The molecule has 0 bridgehead atoms. The molecule has 9 heteroatoms. The first kappa shape index (κ1) is 26.8. The lowest BCUT2D eigenvalue weighted by molar-refractivity contribution is -0.155. The van der Waals surface area contributed by atoms with E-state index >= 15 is 0 Å². The van der Waals surface area contributed by atoms with Gasteiger partial charge in [-0.3, -0.25) is 34.3 Å². The Bertz CT molecular complexity index is 934. The number of hydrogen-bond donors (Lipinski definition) is 1. The normalized spacial score (nSPS) is 19.6. The van der Waals surface area contributed by atoms with E-state index in [0.29, 0.717) is 31.4 Å². The van der Waals surface area contributed by atoms with Crippen LogP contribution >= 0.6 is 0 Å². The molecular formula is C26H38N4O5. The molecule has 1 aromatic carbocycles. The van der Waals surface area contributed by atoms with E-state index in [1.165, 1.54) is 0 Å². The van der Waals surface area contributed by atoms with Crippen LogP contribution in [0.25, 0.3) is 0 Å². The van der Waals surface area contributed by atoms with E-state index in [9.17, 15) is 19.2 Å². The average Bonchev–Trinajstić information content (AvgIpc) is 2.78. The van der Waals surface area contributed by atoms with Crippen molar-refractivity contribution in [3.8, 4) is 0 Å².